The highest BCUT2D eigenvalue weighted by molar-refractivity contribution is 7.15. The summed E-state index contributed by atoms with van der Waals surface area (Å²) in [5.74, 6) is -0.109. The maximum atomic E-state index is 12.1. The highest BCUT2D eigenvalue weighted by Gasteiger charge is 2.09. The Morgan fingerprint density at radius 1 is 1.48 bits per heavy atom. The molecule has 0 unspecified atom stereocenters. The number of ether oxygens (including phenoxy) is 1. The van der Waals surface area contributed by atoms with E-state index in [4.69, 9.17) is 16.3 Å². The van der Waals surface area contributed by atoms with Crippen molar-refractivity contribution in [1.82, 2.24) is 14.6 Å². The summed E-state index contributed by atoms with van der Waals surface area (Å²) in [6.07, 6.45) is 2.92. The average Bonchev–Trinajstić information content (AvgIpc) is 2.97. The molecular formula is C13H8ClN3O3S. The van der Waals surface area contributed by atoms with Crippen LogP contribution in [0.2, 0.25) is 5.02 Å². The van der Waals surface area contributed by atoms with E-state index >= 15 is 0 Å². The van der Waals surface area contributed by atoms with Crippen molar-refractivity contribution in [3.05, 3.63) is 50.0 Å². The van der Waals surface area contributed by atoms with Gasteiger partial charge in [0.2, 0.25) is 4.96 Å². The van der Waals surface area contributed by atoms with Gasteiger partial charge in [0.1, 0.15) is 12.1 Å². The highest BCUT2D eigenvalue weighted by atomic mass is 35.5. The first-order valence-corrected chi connectivity index (χ1v) is 7.06. The van der Waals surface area contributed by atoms with Crippen molar-refractivity contribution >= 4 is 39.9 Å². The number of aromatic nitrogens is 3. The lowest BCUT2D eigenvalue weighted by Gasteiger charge is -2.05. The SMILES string of the molecule is CC(=O)Oc1ccc(Cl)cc1/C=c1\sc2ncnn2c1=O. The summed E-state index contributed by atoms with van der Waals surface area (Å²) in [7, 11) is 0. The lowest BCUT2D eigenvalue weighted by Crippen LogP contribution is -2.23. The molecule has 0 aliphatic rings. The van der Waals surface area contributed by atoms with E-state index in [9.17, 15) is 9.59 Å². The molecule has 1 aromatic carbocycles. The van der Waals surface area contributed by atoms with Crippen LogP contribution in [-0.2, 0) is 4.79 Å². The zero-order chi connectivity index (χ0) is 15.0. The Morgan fingerprint density at radius 2 is 2.29 bits per heavy atom. The molecule has 0 bridgehead atoms. The Labute approximate surface area is 127 Å². The second-order valence-electron chi connectivity index (χ2n) is 4.15. The average molecular weight is 322 g/mol. The van der Waals surface area contributed by atoms with Crippen LogP contribution in [0.3, 0.4) is 0 Å². The Bertz CT molecular complexity index is 947. The smallest absolute Gasteiger partial charge is 0.308 e. The maximum Gasteiger partial charge on any atom is 0.308 e. The predicted molar refractivity (Wildman–Crippen MR) is 78.7 cm³/mol. The minimum atomic E-state index is -0.447. The van der Waals surface area contributed by atoms with Gasteiger partial charge in [-0.1, -0.05) is 22.9 Å². The van der Waals surface area contributed by atoms with Gasteiger partial charge in [-0.25, -0.2) is 4.98 Å². The molecule has 0 N–H and O–H groups in total. The summed E-state index contributed by atoms with van der Waals surface area (Å²) in [6.45, 7) is 1.31. The molecule has 3 aromatic rings. The summed E-state index contributed by atoms with van der Waals surface area (Å²) in [4.78, 5) is 27.7. The molecule has 3 rings (SSSR count). The second kappa shape index (κ2) is 5.27. The van der Waals surface area contributed by atoms with Gasteiger partial charge in [-0.05, 0) is 24.3 Å². The Balaban J connectivity index is 2.19. The van der Waals surface area contributed by atoms with Crippen LogP contribution in [0.15, 0.2) is 29.3 Å². The van der Waals surface area contributed by atoms with Crippen molar-refractivity contribution < 1.29 is 9.53 Å². The minimum Gasteiger partial charge on any atom is -0.426 e. The van der Waals surface area contributed by atoms with Crippen LogP contribution in [-0.4, -0.2) is 20.6 Å². The number of hydrogen-bond acceptors (Lipinski definition) is 6. The largest absolute Gasteiger partial charge is 0.426 e. The standard InChI is InChI=1S/C13H8ClN3O3S/c1-7(18)20-10-3-2-9(14)4-8(10)5-11-12(19)17-13(21-11)15-6-16-17/h2-6H,1H3/b11-5-. The second-order valence-corrected chi connectivity index (χ2v) is 5.59. The number of thiazole rings is 1. The topological polar surface area (TPSA) is 73.6 Å². The van der Waals surface area contributed by atoms with Crippen LogP contribution in [0, 0.1) is 0 Å². The molecule has 0 amide bonds. The van der Waals surface area contributed by atoms with Crippen molar-refractivity contribution in [3.63, 3.8) is 0 Å². The highest BCUT2D eigenvalue weighted by Crippen LogP contribution is 2.23. The van der Waals surface area contributed by atoms with Crippen LogP contribution in [0.4, 0.5) is 0 Å². The van der Waals surface area contributed by atoms with Gasteiger partial charge >= 0.3 is 5.97 Å². The van der Waals surface area contributed by atoms with Crippen molar-refractivity contribution in [1.29, 1.82) is 0 Å². The van der Waals surface area contributed by atoms with E-state index in [1.165, 1.54) is 29.1 Å². The molecule has 2 aromatic heterocycles. The first-order valence-electron chi connectivity index (χ1n) is 5.87. The van der Waals surface area contributed by atoms with E-state index < -0.39 is 5.97 Å². The molecule has 21 heavy (non-hydrogen) atoms. The van der Waals surface area contributed by atoms with Gasteiger partial charge in [0.25, 0.3) is 5.56 Å². The number of fused-ring (bicyclic) bond motifs is 1. The minimum absolute atomic E-state index is 0.277. The molecule has 6 nitrogen and oxygen atoms in total. The number of esters is 1. The normalized spacial score (nSPS) is 12.0. The number of rotatable bonds is 2. The molecule has 0 aliphatic carbocycles. The van der Waals surface area contributed by atoms with Crippen LogP contribution >= 0.6 is 22.9 Å². The Kier molecular flexibility index (Phi) is 3.44. The molecule has 0 spiro atoms. The number of halogens is 1. The van der Waals surface area contributed by atoms with Gasteiger partial charge in [0, 0.05) is 17.5 Å². The number of carbonyl (C=O) groups is 1. The summed E-state index contributed by atoms with van der Waals surface area (Å²) < 4.78 is 6.75. The lowest BCUT2D eigenvalue weighted by atomic mass is 10.2. The van der Waals surface area contributed by atoms with Crippen LogP contribution < -0.4 is 14.8 Å². The van der Waals surface area contributed by atoms with Crippen LogP contribution in [0.25, 0.3) is 11.0 Å². The van der Waals surface area contributed by atoms with E-state index in [2.05, 4.69) is 10.1 Å². The van der Waals surface area contributed by atoms with Crippen molar-refractivity contribution in [2.45, 2.75) is 6.92 Å². The molecular weight excluding hydrogens is 314 g/mol. The summed E-state index contributed by atoms with van der Waals surface area (Å²) >= 11 is 7.15. The Hall–Kier alpha value is -2.25. The lowest BCUT2D eigenvalue weighted by molar-refractivity contribution is -0.131. The van der Waals surface area contributed by atoms with E-state index in [0.29, 0.717) is 25.8 Å². The third-order valence-electron chi connectivity index (χ3n) is 2.63. The number of nitrogens with zero attached hydrogens (tertiary/aromatic N) is 3. The van der Waals surface area contributed by atoms with E-state index in [0.717, 1.165) is 0 Å². The zero-order valence-electron chi connectivity index (χ0n) is 10.7. The fourth-order valence-electron chi connectivity index (χ4n) is 1.80. The molecule has 0 saturated heterocycles. The first kappa shape index (κ1) is 13.7. The quantitative estimate of drug-likeness (QED) is 0.525. The van der Waals surface area contributed by atoms with Gasteiger partial charge in [-0.3, -0.25) is 9.59 Å². The Morgan fingerprint density at radius 3 is 3.00 bits per heavy atom. The summed E-state index contributed by atoms with van der Waals surface area (Å²) in [5, 5.41) is 4.32. The number of carbonyl (C=O) groups excluding carboxylic acids is 1. The third-order valence-corrected chi connectivity index (χ3v) is 3.84. The van der Waals surface area contributed by atoms with Crippen molar-refractivity contribution in [3.8, 4) is 5.75 Å². The predicted octanol–water partition coefficient (Wildman–Crippen LogP) is 1.28. The maximum absolute atomic E-state index is 12.1. The summed E-state index contributed by atoms with van der Waals surface area (Å²) in [6, 6.07) is 4.81. The third kappa shape index (κ3) is 2.65. The van der Waals surface area contributed by atoms with Gasteiger partial charge in [-0.2, -0.15) is 9.61 Å². The molecule has 0 radical (unpaired) electrons. The summed E-state index contributed by atoms with van der Waals surface area (Å²) in [5.41, 5.74) is 0.264. The molecule has 8 heteroatoms. The monoisotopic (exact) mass is 321 g/mol. The molecule has 2 heterocycles. The van der Waals surface area contributed by atoms with Gasteiger partial charge in [0.05, 0.1) is 4.53 Å². The van der Waals surface area contributed by atoms with Gasteiger partial charge in [-0.15, -0.1) is 0 Å². The number of benzene rings is 1. The molecule has 106 valence electrons. The van der Waals surface area contributed by atoms with Crippen LogP contribution in [0.1, 0.15) is 12.5 Å². The molecule has 0 fully saturated rings. The van der Waals surface area contributed by atoms with E-state index in [1.54, 1.807) is 24.3 Å². The number of hydrogen-bond donors (Lipinski definition) is 0. The van der Waals surface area contributed by atoms with E-state index in [1.807, 2.05) is 0 Å². The van der Waals surface area contributed by atoms with Crippen molar-refractivity contribution in [2.24, 2.45) is 0 Å². The molecule has 0 atom stereocenters. The van der Waals surface area contributed by atoms with E-state index in [-0.39, 0.29) is 5.56 Å². The fourth-order valence-corrected chi connectivity index (χ4v) is 2.85. The zero-order valence-corrected chi connectivity index (χ0v) is 12.3. The van der Waals surface area contributed by atoms with Gasteiger partial charge < -0.3 is 4.74 Å². The van der Waals surface area contributed by atoms with Crippen molar-refractivity contribution in [2.75, 3.05) is 0 Å². The van der Waals surface area contributed by atoms with Crippen LogP contribution in [0.5, 0.6) is 5.75 Å². The van der Waals surface area contributed by atoms with Gasteiger partial charge in [0.15, 0.2) is 0 Å². The first-order chi connectivity index (χ1) is 10.0. The fraction of sp³-hybridized carbons (Fsp3) is 0.0769. The molecule has 0 saturated carbocycles. The molecule has 0 aliphatic heterocycles.